The van der Waals surface area contributed by atoms with Crippen LogP contribution in [0.5, 0.6) is 0 Å². The molecule has 0 aliphatic rings. The molecule has 0 unspecified atom stereocenters. The Morgan fingerprint density at radius 3 is 2.84 bits per heavy atom. The summed E-state index contributed by atoms with van der Waals surface area (Å²) in [5, 5.41) is 19.6. The molecule has 6 nitrogen and oxygen atoms in total. The summed E-state index contributed by atoms with van der Waals surface area (Å²) in [6.45, 7) is 0.620. The van der Waals surface area contributed by atoms with E-state index in [9.17, 15) is 4.79 Å². The normalized spacial score (nSPS) is 10.5. The first kappa shape index (κ1) is 16.1. The van der Waals surface area contributed by atoms with Crippen LogP contribution in [0.25, 0.3) is 6.08 Å². The van der Waals surface area contributed by atoms with Gasteiger partial charge in [0.2, 0.25) is 5.91 Å². The molecule has 2 aromatic carbocycles. The minimum atomic E-state index is -0.298. The summed E-state index contributed by atoms with van der Waals surface area (Å²) < 4.78 is 1.71. The molecule has 122 valence electrons. The summed E-state index contributed by atoms with van der Waals surface area (Å²) in [5.74, 6) is -0.298. The maximum Gasteiger partial charge on any atom is 0.248 e. The number of hydrogen-bond donors (Lipinski definition) is 1. The molecule has 3 aromatic rings. The quantitative estimate of drug-likeness (QED) is 0.730. The largest absolute Gasteiger partial charge is 0.322 e. The molecule has 1 aromatic heterocycles. The third kappa shape index (κ3) is 4.62. The molecule has 1 amide bonds. The number of rotatable bonds is 5. The number of aromatic nitrogens is 3. The third-order valence-corrected chi connectivity index (χ3v) is 3.41. The van der Waals surface area contributed by atoms with Gasteiger partial charge in [-0.1, -0.05) is 41.6 Å². The Kier molecular flexibility index (Phi) is 4.98. The molecule has 0 aliphatic heterocycles. The van der Waals surface area contributed by atoms with Crippen LogP contribution in [-0.4, -0.2) is 20.9 Å². The molecule has 1 heterocycles. The molecule has 0 saturated heterocycles. The average Bonchev–Trinajstić information content (AvgIpc) is 3.08. The van der Waals surface area contributed by atoms with Gasteiger partial charge in [0.05, 0.1) is 24.4 Å². The Hall–Kier alpha value is -3.72. The second kappa shape index (κ2) is 7.70. The Morgan fingerprint density at radius 2 is 2.04 bits per heavy atom. The van der Waals surface area contributed by atoms with E-state index in [0.29, 0.717) is 23.5 Å². The van der Waals surface area contributed by atoms with Crippen LogP contribution >= 0.6 is 0 Å². The van der Waals surface area contributed by atoms with E-state index in [-0.39, 0.29) is 5.91 Å². The standard InChI is InChI=1S/C19H15N5O/c20-12-16-7-4-8-17(11-16)21-19(25)10-9-18-14-24(23-22-18)13-15-5-2-1-3-6-15/h1-11,14H,13H2,(H,21,25)/b10-9+. The van der Waals surface area contributed by atoms with Gasteiger partial charge in [-0.15, -0.1) is 5.10 Å². The third-order valence-electron chi connectivity index (χ3n) is 3.41. The Balaban J connectivity index is 1.60. The van der Waals surface area contributed by atoms with E-state index in [0.717, 1.165) is 5.56 Å². The van der Waals surface area contributed by atoms with E-state index in [1.807, 2.05) is 36.4 Å². The van der Waals surface area contributed by atoms with Crippen LogP contribution in [0.1, 0.15) is 16.8 Å². The van der Waals surface area contributed by atoms with Crippen LogP contribution < -0.4 is 5.32 Å². The number of carbonyl (C=O) groups is 1. The lowest BCUT2D eigenvalue weighted by atomic mass is 10.2. The summed E-state index contributed by atoms with van der Waals surface area (Å²) >= 11 is 0. The molecule has 0 atom stereocenters. The Morgan fingerprint density at radius 1 is 1.20 bits per heavy atom. The number of nitrogens with one attached hydrogen (secondary N) is 1. The van der Waals surface area contributed by atoms with Gasteiger partial charge >= 0.3 is 0 Å². The van der Waals surface area contributed by atoms with Crippen molar-refractivity contribution in [3.8, 4) is 6.07 Å². The SMILES string of the molecule is N#Cc1cccc(NC(=O)/C=C/c2cn(Cc3ccccc3)nn2)c1. The van der Waals surface area contributed by atoms with E-state index in [2.05, 4.69) is 15.6 Å². The predicted molar refractivity (Wildman–Crippen MR) is 94.4 cm³/mol. The predicted octanol–water partition coefficient (Wildman–Crippen LogP) is 2.85. The fraction of sp³-hybridized carbons (Fsp3) is 0.0526. The van der Waals surface area contributed by atoms with Crippen LogP contribution in [0, 0.1) is 11.3 Å². The summed E-state index contributed by atoms with van der Waals surface area (Å²) in [6, 6.07) is 18.7. The first-order chi connectivity index (χ1) is 12.2. The number of nitrogens with zero attached hydrogens (tertiary/aromatic N) is 4. The first-order valence-corrected chi connectivity index (χ1v) is 7.66. The summed E-state index contributed by atoms with van der Waals surface area (Å²) in [6.07, 6.45) is 4.75. The highest BCUT2D eigenvalue weighted by atomic mass is 16.1. The molecule has 25 heavy (non-hydrogen) atoms. The van der Waals surface area contributed by atoms with Crippen molar-refractivity contribution in [3.05, 3.63) is 83.7 Å². The minimum Gasteiger partial charge on any atom is -0.322 e. The van der Waals surface area contributed by atoms with Crippen molar-refractivity contribution in [2.45, 2.75) is 6.54 Å². The summed E-state index contributed by atoms with van der Waals surface area (Å²) in [4.78, 5) is 11.9. The van der Waals surface area contributed by atoms with Crippen molar-refractivity contribution in [2.24, 2.45) is 0 Å². The maximum absolute atomic E-state index is 11.9. The monoisotopic (exact) mass is 329 g/mol. The number of nitriles is 1. The summed E-state index contributed by atoms with van der Waals surface area (Å²) in [5.41, 5.74) is 2.78. The second-order valence-electron chi connectivity index (χ2n) is 5.34. The van der Waals surface area contributed by atoms with Gasteiger partial charge in [0.25, 0.3) is 0 Å². The molecular formula is C19H15N5O. The van der Waals surface area contributed by atoms with Crippen LogP contribution in [0.3, 0.4) is 0 Å². The maximum atomic E-state index is 11.9. The molecule has 1 N–H and O–H groups in total. The highest BCUT2D eigenvalue weighted by Crippen LogP contribution is 2.10. The topological polar surface area (TPSA) is 83.6 Å². The molecule has 3 rings (SSSR count). The van der Waals surface area contributed by atoms with Crippen molar-refractivity contribution in [2.75, 3.05) is 5.32 Å². The van der Waals surface area contributed by atoms with Crippen molar-refractivity contribution in [1.29, 1.82) is 5.26 Å². The molecule has 6 heteroatoms. The summed E-state index contributed by atoms with van der Waals surface area (Å²) in [7, 11) is 0. The van der Waals surface area contributed by atoms with Crippen molar-refractivity contribution in [1.82, 2.24) is 15.0 Å². The van der Waals surface area contributed by atoms with Gasteiger partial charge in [-0.2, -0.15) is 5.26 Å². The molecule has 0 spiro atoms. The van der Waals surface area contributed by atoms with E-state index in [4.69, 9.17) is 5.26 Å². The van der Waals surface area contributed by atoms with Crippen molar-refractivity contribution >= 4 is 17.7 Å². The zero-order chi connectivity index (χ0) is 17.5. The lowest BCUT2D eigenvalue weighted by molar-refractivity contribution is -0.111. The fourth-order valence-corrected chi connectivity index (χ4v) is 2.25. The van der Waals surface area contributed by atoms with Gasteiger partial charge < -0.3 is 5.32 Å². The number of carbonyl (C=O) groups excluding carboxylic acids is 1. The van der Waals surface area contributed by atoms with Gasteiger partial charge in [-0.25, -0.2) is 4.68 Å². The number of hydrogen-bond acceptors (Lipinski definition) is 4. The van der Waals surface area contributed by atoms with Crippen LogP contribution in [0.4, 0.5) is 5.69 Å². The lowest BCUT2D eigenvalue weighted by Crippen LogP contribution is -2.07. The van der Waals surface area contributed by atoms with E-state index < -0.39 is 0 Å². The van der Waals surface area contributed by atoms with E-state index >= 15 is 0 Å². The number of anilines is 1. The van der Waals surface area contributed by atoms with E-state index in [1.165, 1.54) is 6.08 Å². The van der Waals surface area contributed by atoms with E-state index in [1.54, 1.807) is 41.2 Å². The number of benzene rings is 2. The second-order valence-corrected chi connectivity index (χ2v) is 5.34. The van der Waals surface area contributed by atoms with Crippen LogP contribution in [0.2, 0.25) is 0 Å². The zero-order valence-electron chi connectivity index (χ0n) is 13.3. The Bertz CT molecular complexity index is 938. The number of amides is 1. The fourth-order valence-electron chi connectivity index (χ4n) is 2.25. The van der Waals surface area contributed by atoms with Gasteiger partial charge in [-0.3, -0.25) is 4.79 Å². The van der Waals surface area contributed by atoms with Crippen molar-refractivity contribution < 1.29 is 4.79 Å². The highest BCUT2D eigenvalue weighted by molar-refractivity contribution is 6.01. The lowest BCUT2D eigenvalue weighted by Gasteiger charge is -2.01. The molecular weight excluding hydrogens is 314 g/mol. The van der Waals surface area contributed by atoms with Gasteiger partial charge in [0, 0.05) is 11.8 Å². The molecule has 0 fully saturated rings. The van der Waals surface area contributed by atoms with Gasteiger partial charge in [0.15, 0.2) is 0 Å². The van der Waals surface area contributed by atoms with Crippen LogP contribution in [-0.2, 0) is 11.3 Å². The van der Waals surface area contributed by atoms with Crippen LogP contribution in [0.15, 0.2) is 66.9 Å². The van der Waals surface area contributed by atoms with Crippen molar-refractivity contribution in [3.63, 3.8) is 0 Å². The Labute approximate surface area is 145 Å². The van der Waals surface area contributed by atoms with Gasteiger partial charge in [0.1, 0.15) is 5.69 Å². The highest BCUT2D eigenvalue weighted by Gasteiger charge is 2.02. The molecule has 0 radical (unpaired) electrons. The smallest absolute Gasteiger partial charge is 0.248 e. The minimum absolute atomic E-state index is 0.298. The zero-order valence-corrected chi connectivity index (χ0v) is 13.3. The van der Waals surface area contributed by atoms with Gasteiger partial charge in [-0.05, 0) is 29.8 Å². The molecule has 0 saturated carbocycles. The molecule has 0 bridgehead atoms. The first-order valence-electron chi connectivity index (χ1n) is 7.66. The molecule has 0 aliphatic carbocycles. The average molecular weight is 329 g/mol.